The second kappa shape index (κ2) is 13.9. The molecule has 0 atom stereocenters. The largest absolute Gasteiger partial charge is 0.115 e. The smallest absolute Gasteiger partial charge is 0.0321 e. The van der Waals surface area contributed by atoms with E-state index in [0.717, 1.165) is 88.7 Å². The quantitative estimate of drug-likeness (QED) is 0.156. The summed E-state index contributed by atoms with van der Waals surface area (Å²) >= 11 is 0. The monoisotopic (exact) mass is 656 g/mol. The van der Waals surface area contributed by atoms with Crippen LogP contribution in [0.3, 0.4) is 0 Å². The topological polar surface area (TPSA) is 0 Å². The highest BCUT2D eigenvalue weighted by molar-refractivity contribution is 5.99. The maximum absolute atomic E-state index is 5.82. The number of fused-ring (bicyclic) bond motifs is 1. The fourth-order valence-electron chi connectivity index (χ4n) is 6.89. The van der Waals surface area contributed by atoms with Crippen LogP contribution < -0.4 is 0 Å². The van der Waals surface area contributed by atoms with E-state index in [1.807, 2.05) is 36.4 Å². The lowest BCUT2D eigenvalue weighted by Crippen LogP contribution is -1.88. The summed E-state index contributed by atoms with van der Waals surface area (Å²) in [6.45, 7) is 0. The molecule has 240 valence electrons. The molecule has 0 aliphatic carbocycles. The summed E-state index contributed by atoms with van der Waals surface area (Å²) in [7, 11) is 0. The zero-order valence-electron chi connectivity index (χ0n) is 28.5. The molecule has 0 saturated carbocycles. The SMILES string of the molecule is C#Cc1ccc(-c2ccc(-c3cc(-c4ccc(-c5ccc(C#C)cc5)cc4)cc(-c4ccc(-c5cccc6c(C#C)cccc56)cc4)c3)cc2)cc1. The van der Waals surface area contributed by atoms with Gasteiger partial charge in [0, 0.05) is 16.7 Å². The molecule has 8 rings (SSSR count). The van der Waals surface area contributed by atoms with E-state index in [1.165, 1.54) is 5.56 Å². The molecule has 0 heterocycles. The first-order valence-electron chi connectivity index (χ1n) is 17.2. The second-order valence-electron chi connectivity index (χ2n) is 12.8. The Kier molecular flexibility index (Phi) is 8.54. The average molecular weight is 657 g/mol. The normalized spacial score (nSPS) is 10.6. The van der Waals surface area contributed by atoms with Crippen LogP contribution in [0.15, 0.2) is 176 Å². The Balaban J connectivity index is 1.18. The van der Waals surface area contributed by atoms with E-state index >= 15 is 0 Å². The number of terminal acetylenes is 3. The maximum atomic E-state index is 5.82. The summed E-state index contributed by atoms with van der Waals surface area (Å²) in [6.07, 6.45) is 17.0. The third kappa shape index (κ3) is 6.28. The van der Waals surface area contributed by atoms with Gasteiger partial charge < -0.3 is 0 Å². The van der Waals surface area contributed by atoms with Gasteiger partial charge in [-0.25, -0.2) is 0 Å². The van der Waals surface area contributed by atoms with Crippen molar-refractivity contribution in [1.29, 1.82) is 0 Å². The molecule has 8 aromatic carbocycles. The summed E-state index contributed by atoms with van der Waals surface area (Å²) in [5.41, 5.74) is 16.4. The van der Waals surface area contributed by atoms with Gasteiger partial charge in [-0.2, -0.15) is 0 Å². The molecule has 8 aromatic rings. The Morgan fingerprint density at radius 2 is 0.596 bits per heavy atom. The van der Waals surface area contributed by atoms with E-state index in [9.17, 15) is 0 Å². The van der Waals surface area contributed by atoms with Gasteiger partial charge >= 0.3 is 0 Å². The summed E-state index contributed by atoms with van der Waals surface area (Å²) in [6, 6.07) is 62.0. The predicted octanol–water partition coefficient (Wildman–Crippen LogP) is 12.8. The minimum atomic E-state index is 0.878. The molecule has 52 heavy (non-hydrogen) atoms. The van der Waals surface area contributed by atoms with Gasteiger partial charge in [0.25, 0.3) is 0 Å². The number of rotatable bonds is 6. The van der Waals surface area contributed by atoms with Gasteiger partial charge in [-0.05, 0) is 126 Å². The lowest BCUT2D eigenvalue weighted by Gasteiger charge is -2.13. The molecule has 0 unspecified atom stereocenters. The molecule has 0 aliphatic rings. The van der Waals surface area contributed by atoms with Crippen LogP contribution >= 0.6 is 0 Å². The average Bonchev–Trinajstić information content (AvgIpc) is 3.23. The molecule has 0 saturated heterocycles. The van der Waals surface area contributed by atoms with Crippen molar-refractivity contribution in [3.05, 3.63) is 193 Å². The van der Waals surface area contributed by atoms with Crippen LogP contribution in [-0.4, -0.2) is 0 Å². The van der Waals surface area contributed by atoms with Crippen LogP contribution in [0, 0.1) is 37.0 Å². The molecule has 0 aliphatic heterocycles. The van der Waals surface area contributed by atoms with Crippen molar-refractivity contribution in [2.45, 2.75) is 0 Å². The number of benzene rings is 8. The van der Waals surface area contributed by atoms with Gasteiger partial charge in [-0.15, -0.1) is 19.3 Å². The zero-order valence-corrected chi connectivity index (χ0v) is 28.5. The lowest BCUT2D eigenvalue weighted by atomic mass is 9.91. The fourth-order valence-corrected chi connectivity index (χ4v) is 6.89. The van der Waals surface area contributed by atoms with Crippen molar-refractivity contribution in [3.63, 3.8) is 0 Å². The van der Waals surface area contributed by atoms with Crippen molar-refractivity contribution >= 4 is 10.8 Å². The number of hydrogen-bond donors (Lipinski definition) is 0. The molecular weight excluding hydrogens is 625 g/mol. The summed E-state index contributed by atoms with van der Waals surface area (Å²) in [4.78, 5) is 0. The molecule has 0 nitrogen and oxygen atoms in total. The first-order valence-corrected chi connectivity index (χ1v) is 17.2. The van der Waals surface area contributed by atoms with Crippen LogP contribution in [0.4, 0.5) is 0 Å². The van der Waals surface area contributed by atoms with Crippen molar-refractivity contribution in [2.75, 3.05) is 0 Å². The van der Waals surface area contributed by atoms with Crippen molar-refractivity contribution in [1.82, 2.24) is 0 Å². The fraction of sp³-hybridized carbons (Fsp3) is 0. The van der Waals surface area contributed by atoms with Crippen LogP contribution in [0.25, 0.3) is 77.5 Å². The number of hydrogen-bond acceptors (Lipinski definition) is 0. The molecule has 0 N–H and O–H groups in total. The molecule has 0 amide bonds. The minimum absolute atomic E-state index is 0.878. The van der Waals surface area contributed by atoms with Gasteiger partial charge in [-0.1, -0.05) is 145 Å². The second-order valence-corrected chi connectivity index (χ2v) is 12.8. The van der Waals surface area contributed by atoms with Gasteiger partial charge in [0.1, 0.15) is 0 Å². The Labute approximate surface area is 306 Å². The minimum Gasteiger partial charge on any atom is -0.115 e. The third-order valence-corrected chi connectivity index (χ3v) is 9.75. The van der Waals surface area contributed by atoms with Crippen LogP contribution in [0.2, 0.25) is 0 Å². The maximum Gasteiger partial charge on any atom is 0.0321 e. The predicted molar refractivity (Wildman–Crippen MR) is 220 cm³/mol. The van der Waals surface area contributed by atoms with Crippen LogP contribution in [0.1, 0.15) is 16.7 Å². The Morgan fingerprint density at radius 1 is 0.269 bits per heavy atom. The lowest BCUT2D eigenvalue weighted by molar-refractivity contribution is 1.55. The van der Waals surface area contributed by atoms with E-state index in [0.29, 0.717) is 0 Å². The van der Waals surface area contributed by atoms with Crippen molar-refractivity contribution < 1.29 is 0 Å². The van der Waals surface area contributed by atoms with Crippen LogP contribution in [-0.2, 0) is 0 Å². The van der Waals surface area contributed by atoms with Crippen molar-refractivity contribution in [2.24, 2.45) is 0 Å². The van der Waals surface area contributed by atoms with E-state index in [2.05, 4.69) is 157 Å². The Morgan fingerprint density at radius 3 is 0.981 bits per heavy atom. The highest BCUT2D eigenvalue weighted by atomic mass is 14.2. The summed E-state index contributed by atoms with van der Waals surface area (Å²) in [5.74, 6) is 8.23. The van der Waals surface area contributed by atoms with Gasteiger partial charge in [0.2, 0.25) is 0 Å². The molecular formula is C52H32. The first kappa shape index (κ1) is 31.9. The summed E-state index contributed by atoms with van der Waals surface area (Å²) in [5, 5.41) is 2.25. The van der Waals surface area contributed by atoms with E-state index in [4.69, 9.17) is 19.3 Å². The molecule has 0 radical (unpaired) electrons. The third-order valence-electron chi connectivity index (χ3n) is 9.75. The van der Waals surface area contributed by atoms with Gasteiger partial charge in [-0.3, -0.25) is 0 Å². The Bertz CT molecular complexity index is 2570. The molecule has 0 aromatic heterocycles. The highest BCUT2D eigenvalue weighted by Gasteiger charge is 2.11. The van der Waals surface area contributed by atoms with Gasteiger partial charge in [0.05, 0.1) is 0 Å². The zero-order chi connectivity index (χ0) is 35.4. The molecule has 0 heteroatoms. The van der Waals surface area contributed by atoms with Crippen molar-refractivity contribution in [3.8, 4) is 104 Å². The highest BCUT2D eigenvalue weighted by Crippen LogP contribution is 2.37. The Hall–Kier alpha value is -7.30. The summed E-state index contributed by atoms with van der Waals surface area (Å²) < 4.78 is 0. The van der Waals surface area contributed by atoms with Crippen LogP contribution in [0.5, 0.6) is 0 Å². The van der Waals surface area contributed by atoms with E-state index in [-0.39, 0.29) is 0 Å². The standard InChI is InChI=1S/C52H32/c1-4-36-13-17-39(18-14-36)41-21-25-43(26-22-41)47-33-48(44-27-23-42(24-28-44)40-19-15-37(5-2)16-20-40)35-49(34-47)45-29-31-46(32-30-45)51-11-8-10-50-38(6-3)9-7-12-52(50)51/h1-3,7-35H. The van der Waals surface area contributed by atoms with E-state index in [1.54, 1.807) is 0 Å². The molecule has 0 fully saturated rings. The van der Waals surface area contributed by atoms with Gasteiger partial charge in [0.15, 0.2) is 0 Å². The van der Waals surface area contributed by atoms with E-state index < -0.39 is 0 Å². The first-order chi connectivity index (χ1) is 25.6. The molecule has 0 spiro atoms. The molecule has 0 bridgehead atoms.